The molecular formula is C20H15Br2N3O2S. The Morgan fingerprint density at radius 1 is 1.21 bits per heavy atom. The lowest BCUT2D eigenvalue weighted by atomic mass is 10.1. The average molecular weight is 521 g/mol. The quantitative estimate of drug-likeness (QED) is 0.479. The fraction of sp³-hybridized carbons (Fsp3) is 0.150. The van der Waals surface area contributed by atoms with E-state index in [-0.39, 0.29) is 11.5 Å². The van der Waals surface area contributed by atoms with Gasteiger partial charge in [-0.1, -0.05) is 55.8 Å². The molecule has 1 atom stereocenters. The topological polar surface area (TPSA) is 73.2 Å². The molecule has 2 amide bonds. The summed E-state index contributed by atoms with van der Waals surface area (Å²) in [5.41, 5.74) is 1.54. The van der Waals surface area contributed by atoms with Crippen molar-refractivity contribution in [1.82, 2.24) is 5.32 Å². The van der Waals surface area contributed by atoms with Gasteiger partial charge in [0.25, 0.3) is 5.91 Å². The van der Waals surface area contributed by atoms with Crippen molar-refractivity contribution in [2.24, 2.45) is 0 Å². The second kappa shape index (κ2) is 8.95. The normalized spacial score (nSPS) is 18.0. The van der Waals surface area contributed by atoms with Crippen molar-refractivity contribution in [2.75, 3.05) is 11.9 Å². The summed E-state index contributed by atoms with van der Waals surface area (Å²) in [5.74, 6) is -0.665. The highest BCUT2D eigenvalue weighted by molar-refractivity contribution is 9.10. The molecule has 5 nitrogen and oxygen atoms in total. The fourth-order valence-electron chi connectivity index (χ4n) is 2.82. The molecule has 0 saturated carbocycles. The van der Waals surface area contributed by atoms with Gasteiger partial charge in [-0.3, -0.25) is 14.5 Å². The van der Waals surface area contributed by atoms with Crippen molar-refractivity contribution in [2.45, 2.75) is 11.7 Å². The molecule has 1 fully saturated rings. The first-order valence-electron chi connectivity index (χ1n) is 8.31. The Morgan fingerprint density at radius 2 is 1.93 bits per heavy atom. The number of rotatable bonds is 4. The van der Waals surface area contributed by atoms with Gasteiger partial charge in [0.1, 0.15) is 16.7 Å². The summed E-state index contributed by atoms with van der Waals surface area (Å²) in [7, 11) is 1.46. The van der Waals surface area contributed by atoms with Crippen LogP contribution >= 0.6 is 43.6 Å². The van der Waals surface area contributed by atoms with E-state index < -0.39 is 11.2 Å². The van der Waals surface area contributed by atoms with Crippen molar-refractivity contribution < 1.29 is 9.59 Å². The van der Waals surface area contributed by atoms with Crippen LogP contribution in [0.5, 0.6) is 0 Å². The number of likely N-dealkylation sites (N-methyl/N-ethyl adjacent to an activating group) is 1. The van der Waals surface area contributed by atoms with Gasteiger partial charge in [0.05, 0.1) is 5.25 Å². The standard InChI is InChI=1S/C20H15Br2N3O2S/c1-24-18(26)16(11-23)20-25(15-7-5-13(21)6-8-15)19(27)17(28-20)10-12-3-2-4-14(22)9-12/h2-9,17H,10H2,1H3,(H,24,26)/b20-16-. The van der Waals surface area contributed by atoms with E-state index in [9.17, 15) is 14.9 Å². The summed E-state index contributed by atoms with van der Waals surface area (Å²) in [4.78, 5) is 26.9. The summed E-state index contributed by atoms with van der Waals surface area (Å²) in [5, 5.41) is 12.0. The molecule has 1 unspecified atom stereocenters. The Kier molecular flexibility index (Phi) is 6.60. The molecule has 2 aromatic carbocycles. The number of nitrogens with zero attached hydrogens (tertiary/aromatic N) is 2. The number of carbonyl (C=O) groups is 2. The summed E-state index contributed by atoms with van der Waals surface area (Å²) < 4.78 is 1.81. The van der Waals surface area contributed by atoms with E-state index in [1.54, 1.807) is 12.1 Å². The molecule has 3 rings (SSSR count). The number of carbonyl (C=O) groups excluding carboxylic acids is 2. The summed E-state index contributed by atoms with van der Waals surface area (Å²) >= 11 is 8.08. The van der Waals surface area contributed by atoms with Crippen LogP contribution in [0, 0.1) is 11.3 Å². The van der Waals surface area contributed by atoms with Crippen LogP contribution in [-0.2, 0) is 16.0 Å². The molecule has 0 radical (unpaired) electrons. The number of hydrogen-bond donors (Lipinski definition) is 1. The number of nitriles is 1. The maximum Gasteiger partial charge on any atom is 0.264 e. The summed E-state index contributed by atoms with van der Waals surface area (Å²) in [6.45, 7) is 0. The highest BCUT2D eigenvalue weighted by atomic mass is 79.9. The average Bonchev–Trinajstić information content (AvgIpc) is 2.99. The van der Waals surface area contributed by atoms with Gasteiger partial charge < -0.3 is 5.32 Å². The van der Waals surface area contributed by atoms with E-state index in [2.05, 4.69) is 37.2 Å². The molecule has 2 aromatic rings. The van der Waals surface area contributed by atoms with E-state index in [0.717, 1.165) is 14.5 Å². The fourth-order valence-corrected chi connectivity index (χ4v) is 4.83. The molecule has 0 bridgehead atoms. The smallest absolute Gasteiger partial charge is 0.264 e. The van der Waals surface area contributed by atoms with Gasteiger partial charge in [-0.25, -0.2) is 0 Å². The minimum absolute atomic E-state index is 0.0690. The summed E-state index contributed by atoms with van der Waals surface area (Å²) in [6, 6.07) is 16.9. The molecule has 1 saturated heterocycles. The molecule has 28 heavy (non-hydrogen) atoms. The zero-order chi connectivity index (χ0) is 20.3. The van der Waals surface area contributed by atoms with Crippen LogP contribution in [0.1, 0.15) is 5.56 Å². The number of nitrogens with one attached hydrogen (secondary N) is 1. The lowest BCUT2D eigenvalue weighted by molar-refractivity contribution is -0.117. The van der Waals surface area contributed by atoms with Gasteiger partial charge in [0.2, 0.25) is 5.91 Å². The molecule has 8 heteroatoms. The van der Waals surface area contributed by atoms with Crippen LogP contribution in [0.25, 0.3) is 0 Å². The first-order chi connectivity index (χ1) is 13.4. The highest BCUT2D eigenvalue weighted by Gasteiger charge is 2.40. The van der Waals surface area contributed by atoms with Gasteiger partial charge in [0.15, 0.2) is 0 Å². The van der Waals surface area contributed by atoms with Gasteiger partial charge in [-0.15, -0.1) is 0 Å². The van der Waals surface area contributed by atoms with Crippen molar-refractivity contribution in [3.05, 3.63) is 73.6 Å². The largest absolute Gasteiger partial charge is 0.354 e. The van der Waals surface area contributed by atoms with Crippen LogP contribution in [-0.4, -0.2) is 24.1 Å². The van der Waals surface area contributed by atoms with Crippen LogP contribution in [0.4, 0.5) is 5.69 Å². The minimum Gasteiger partial charge on any atom is -0.354 e. The number of halogens is 2. The third kappa shape index (κ3) is 4.32. The van der Waals surface area contributed by atoms with Crippen molar-refractivity contribution in [3.8, 4) is 6.07 Å². The van der Waals surface area contributed by atoms with Crippen molar-refractivity contribution >= 4 is 61.1 Å². The van der Waals surface area contributed by atoms with Crippen LogP contribution in [0.15, 0.2) is 68.1 Å². The third-order valence-electron chi connectivity index (χ3n) is 4.13. The molecule has 1 N–H and O–H groups in total. The third-order valence-corrected chi connectivity index (χ3v) is 6.41. The monoisotopic (exact) mass is 519 g/mol. The molecule has 1 aliphatic rings. The van der Waals surface area contributed by atoms with Crippen LogP contribution < -0.4 is 10.2 Å². The maximum absolute atomic E-state index is 13.2. The zero-order valence-electron chi connectivity index (χ0n) is 14.8. The molecule has 1 heterocycles. The van der Waals surface area contributed by atoms with E-state index in [0.29, 0.717) is 17.1 Å². The van der Waals surface area contributed by atoms with E-state index in [1.165, 1.54) is 23.7 Å². The second-order valence-electron chi connectivity index (χ2n) is 5.96. The maximum atomic E-state index is 13.2. The zero-order valence-corrected chi connectivity index (χ0v) is 18.8. The lowest BCUT2D eigenvalue weighted by Gasteiger charge is -2.18. The Morgan fingerprint density at radius 3 is 2.54 bits per heavy atom. The molecule has 142 valence electrons. The Hall–Kier alpha value is -2.08. The SMILES string of the molecule is CNC(=O)/C(C#N)=C1\SC(Cc2cccc(Br)c2)C(=O)N1c1ccc(Br)cc1. The number of hydrogen-bond acceptors (Lipinski definition) is 4. The number of anilines is 1. The number of amides is 2. The van der Waals surface area contributed by atoms with Crippen LogP contribution in [0.2, 0.25) is 0 Å². The lowest BCUT2D eigenvalue weighted by Crippen LogP contribution is -2.31. The second-order valence-corrected chi connectivity index (χ2v) is 8.98. The van der Waals surface area contributed by atoms with Gasteiger partial charge in [-0.05, 0) is 48.4 Å². The minimum atomic E-state index is -0.511. The van der Waals surface area contributed by atoms with E-state index in [4.69, 9.17) is 0 Å². The Bertz CT molecular complexity index is 999. The number of thioether (sulfide) groups is 1. The predicted molar refractivity (Wildman–Crippen MR) is 118 cm³/mol. The van der Waals surface area contributed by atoms with Gasteiger partial charge in [-0.2, -0.15) is 5.26 Å². The molecular weight excluding hydrogens is 506 g/mol. The van der Waals surface area contributed by atoms with Crippen molar-refractivity contribution in [1.29, 1.82) is 5.26 Å². The van der Waals surface area contributed by atoms with E-state index in [1.807, 2.05) is 42.5 Å². The highest BCUT2D eigenvalue weighted by Crippen LogP contribution is 2.42. The molecule has 0 spiro atoms. The van der Waals surface area contributed by atoms with Gasteiger partial charge >= 0.3 is 0 Å². The predicted octanol–water partition coefficient (Wildman–Crippen LogP) is 4.38. The van der Waals surface area contributed by atoms with E-state index >= 15 is 0 Å². The Labute approximate surface area is 184 Å². The summed E-state index contributed by atoms with van der Waals surface area (Å²) in [6.07, 6.45) is 0.492. The van der Waals surface area contributed by atoms with Crippen molar-refractivity contribution in [3.63, 3.8) is 0 Å². The molecule has 0 aromatic heterocycles. The van der Waals surface area contributed by atoms with Gasteiger partial charge in [0, 0.05) is 21.7 Å². The first-order valence-corrected chi connectivity index (χ1v) is 10.8. The molecule has 0 aliphatic carbocycles. The van der Waals surface area contributed by atoms with Crippen LogP contribution in [0.3, 0.4) is 0 Å². The molecule has 1 aliphatic heterocycles. The Balaban J connectivity index is 2.04. The first kappa shape index (κ1) is 20.6. The number of benzene rings is 2.